The Morgan fingerprint density at radius 3 is 2.94 bits per heavy atom. The molecule has 1 aromatic carbocycles. The second kappa shape index (κ2) is 7.14. The largest absolute Gasteiger partial charge is 0.330 e. The van der Waals surface area contributed by atoms with E-state index in [1.165, 1.54) is 0 Å². The second-order valence-corrected chi connectivity index (χ2v) is 5.15. The molecule has 0 spiro atoms. The minimum atomic E-state index is -0.0927. The molecule has 0 aliphatic carbocycles. The first-order chi connectivity index (χ1) is 8.56. The normalized spacial score (nSPS) is 11.7. The van der Waals surface area contributed by atoms with E-state index >= 15 is 0 Å². The summed E-state index contributed by atoms with van der Waals surface area (Å²) in [4.78, 5) is 11.7. The predicted molar refractivity (Wildman–Crippen MR) is 74.9 cm³/mol. The number of carbonyl (C=O) groups excluding carboxylic acids is 1. The summed E-state index contributed by atoms with van der Waals surface area (Å²) >= 11 is 3.31. The van der Waals surface area contributed by atoms with E-state index in [-0.39, 0.29) is 5.91 Å². The first-order valence-electron chi connectivity index (χ1n) is 5.76. The van der Waals surface area contributed by atoms with Gasteiger partial charge in [-0.15, -0.1) is 0 Å². The molecule has 18 heavy (non-hydrogen) atoms. The number of nitrogens with two attached hydrogens (primary N) is 1. The van der Waals surface area contributed by atoms with Crippen molar-refractivity contribution in [3.63, 3.8) is 0 Å². The van der Waals surface area contributed by atoms with Crippen LogP contribution in [-0.4, -0.2) is 12.5 Å². The summed E-state index contributed by atoms with van der Waals surface area (Å²) in [5.74, 6) is 0.235. The van der Waals surface area contributed by atoms with Gasteiger partial charge in [-0.1, -0.05) is 22.9 Å². The third kappa shape index (κ3) is 4.47. The number of halogens is 1. The molecule has 0 saturated carbocycles. The van der Waals surface area contributed by atoms with E-state index in [2.05, 4.69) is 21.2 Å². The Balaban J connectivity index is 2.64. The minimum absolute atomic E-state index is 0.0927. The van der Waals surface area contributed by atoms with Crippen molar-refractivity contribution in [2.24, 2.45) is 11.7 Å². The molecule has 0 saturated heterocycles. The quantitative estimate of drug-likeness (QED) is 0.877. The lowest BCUT2D eigenvalue weighted by molar-refractivity contribution is -0.116. The molecule has 0 fully saturated rings. The van der Waals surface area contributed by atoms with Crippen molar-refractivity contribution in [3.05, 3.63) is 28.2 Å². The number of anilines is 1. The van der Waals surface area contributed by atoms with Gasteiger partial charge in [0.15, 0.2) is 0 Å². The summed E-state index contributed by atoms with van der Waals surface area (Å²) in [7, 11) is 0. The van der Waals surface area contributed by atoms with Crippen LogP contribution in [0.25, 0.3) is 0 Å². The van der Waals surface area contributed by atoms with Crippen LogP contribution in [0, 0.1) is 17.2 Å². The summed E-state index contributed by atoms with van der Waals surface area (Å²) in [6.07, 6.45) is 1.16. The van der Waals surface area contributed by atoms with Gasteiger partial charge < -0.3 is 11.1 Å². The predicted octanol–water partition coefficient (Wildman–Crippen LogP) is 2.63. The van der Waals surface area contributed by atoms with Crippen molar-refractivity contribution >= 4 is 27.5 Å². The number of nitrogens with one attached hydrogen (secondary N) is 1. The summed E-state index contributed by atoms with van der Waals surface area (Å²) in [5, 5.41) is 11.7. The van der Waals surface area contributed by atoms with E-state index in [4.69, 9.17) is 11.0 Å². The van der Waals surface area contributed by atoms with Crippen molar-refractivity contribution in [3.8, 4) is 6.07 Å². The van der Waals surface area contributed by atoms with Crippen molar-refractivity contribution in [2.75, 3.05) is 11.9 Å². The SMILES string of the molecule is CC(CN)CCC(=O)Nc1cc(Br)ccc1C#N. The molecule has 1 aromatic rings. The van der Waals surface area contributed by atoms with Gasteiger partial charge in [0.05, 0.1) is 11.3 Å². The third-order valence-corrected chi connectivity index (χ3v) is 3.14. The minimum Gasteiger partial charge on any atom is -0.330 e. The van der Waals surface area contributed by atoms with Crippen LogP contribution in [0.4, 0.5) is 5.69 Å². The lowest BCUT2D eigenvalue weighted by atomic mass is 10.1. The highest BCUT2D eigenvalue weighted by molar-refractivity contribution is 9.10. The Labute approximate surface area is 115 Å². The molecule has 0 radical (unpaired) electrons. The van der Waals surface area contributed by atoms with E-state index in [1.807, 2.05) is 13.0 Å². The van der Waals surface area contributed by atoms with Crippen LogP contribution in [0.1, 0.15) is 25.3 Å². The van der Waals surface area contributed by atoms with Gasteiger partial charge in [0, 0.05) is 10.9 Å². The molecule has 0 bridgehead atoms. The topological polar surface area (TPSA) is 78.9 Å². The van der Waals surface area contributed by atoms with Gasteiger partial charge in [0.2, 0.25) is 5.91 Å². The van der Waals surface area contributed by atoms with Gasteiger partial charge in [-0.3, -0.25) is 4.79 Å². The molecule has 3 N–H and O–H groups in total. The van der Waals surface area contributed by atoms with Gasteiger partial charge in [0.1, 0.15) is 6.07 Å². The van der Waals surface area contributed by atoms with Crippen LogP contribution in [0.2, 0.25) is 0 Å². The number of carbonyl (C=O) groups is 1. The first-order valence-corrected chi connectivity index (χ1v) is 6.55. The van der Waals surface area contributed by atoms with E-state index < -0.39 is 0 Å². The molecule has 0 aromatic heterocycles. The van der Waals surface area contributed by atoms with Crippen LogP contribution in [0.5, 0.6) is 0 Å². The molecule has 96 valence electrons. The number of amides is 1. The standard InChI is InChI=1S/C13H16BrN3O/c1-9(7-15)2-5-13(18)17-12-6-11(14)4-3-10(12)8-16/h3-4,6,9H,2,5,7,15H2,1H3,(H,17,18). The zero-order valence-electron chi connectivity index (χ0n) is 10.2. The Hall–Kier alpha value is -1.38. The highest BCUT2D eigenvalue weighted by Gasteiger charge is 2.09. The lowest BCUT2D eigenvalue weighted by Crippen LogP contribution is -2.16. The average molecular weight is 310 g/mol. The van der Waals surface area contributed by atoms with Gasteiger partial charge in [-0.25, -0.2) is 0 Å². The van der Waals surface area contributed by atoms with Crippen LogP contribution in [0.15, 0.2) is 22.7 Å². The lowest BCUT2D eigenvalue weighted by Gasteiger charge is -2.10. The fourth-order valence-corrected chi connectivity index (χ4v) is 1.79. The molecule has 5 heteroatoms. The molecular formula is C13H16BrN3O. The first kappa shape index (κ1) is 14.7. The number of nitriles is 1. The highest BCUT2D eigenvalue weighted by atomic mass is 79.9. The van der Waals surface area contributed by atoms with E-state index in [0.717, 1.165) is 10.9 Å². The summed E-state index contributed by atoms with van der Waals surface area (Å²) in [6, 6.07) is 7.21. The van der Waals surface area contributed by atoms with Crippen molar-refractivity contribution in [1.82, 2.24) is 0 Å². The van der Waals surface area contributed by atoms with Gasteiger partial charge in [0.25, 0.3) is 0 Å². The van der Waals surface area contributed by atoms with Gasteiger partial charge in [-0.05, 0) is 37.1 Å². The number of hydrogen-bond acceptors (Lipinski definition) is 3. The molecule has 0 aliphatic rings. The average Bonchev–Trinajstić information content (AvgIpc) is 2.36. The molecule has 0 heterocycles. The van der Waals surface area contributed by atoms with Crippen LogP contribution >= 0.6 is 15.9 Å². The molecule has 1 rings (SSSR count). The maximum Gasteiger partial charge on any atom is 0.224 e. The van der Waals surface area contributed by atoms with Crippen LogP contribution < -0.4 is 11.1 Å². The van der Waals surface area contributed by atoms with E-state index in [1.54, 1.807) is 18.2 Å². The molecule has 1 unspecified atom stereocenters. The van der Waals surface area contributed by atoms with E-state index in [9.17, 15) is 4.79 Å². The Morgan fingerprint density at radius 2 is 2.33 bits per heavy atom. The monoisotopic (exact) mass is 309 g/mol. The van der Waals surface area contributed by atoms with E-state index in [0.29, 0.717) is 30.1 Å². The molecule has 0 aliphatic heterocycles. The van der Waals surface area contributed by atoms with Crippen molar-refractivity contribution < 1.29 is 4.79 Å². The maximum absolute atomic E-state index is 11.7. The fraction of sp³-hybridized carbons (Fsp3) is 0.385. The van der Waals surface area contributed by atoms with Crippen LogP contribution in [-0.2, 0) is 4.79 Å². The smallest absolute Gasteiger partial charge is 0.224 e. The van der Waals surface area contributed by atoms with Crippen molar-refractivity contribution in [1.29, 1.82) is 5.26 Å². The Kier molecular flexibility index (Phi) is 5.83. The van der Waals surface area contributed by atoms with Crippen LogP contribution in [0.3, 0.4) is 0 Å². The molecule has 1 amide bonds. The number of nitrogens with zero attached hydrogens (tertiary/aromatic N) is 1. The second-order valence-electron chi connectivity index (χ2n) is 4.23. The maximum atomic E-state index is 11.7. The summed E-state index contributed by atoms with van der Waals surface area (Å²) < 4.78 is 0.826. The zero-order chi connectivity index (χ0) is 13.5. The highest BCUT2D eigenvalue weighted by Crippen LogP contribution is 2.21. The van der Waals surface area contributed by atoms with Crippen molar-refractivity contribution in [2.45, 2.75) is 19.8 Å². The summed E-state index contributed by atoms with van der Waals surface area (Å²) in [5.41, 5.74) is 6.49. The Bertz CT molecular complexity index is 468. The number of hydrogen-bond donors (Lipinski definition) is 2. The fourth-order valence-electron chi connectivity index (χ4n) is 1.43. The molecule has 1 atom stereocenters. The van der Waals surface area contributed by atoms with Gasteiger partial charge in [-0.2, -0.15) is 5.26 Å². The molecular weight excluding hydrogens is 294 g/mol. The number of benzene rings is 1. The number of rotatable bonds is 5. The zero-order valence-corrected chi connectivity index (χ0v) is 11.8. The Morgan fingerprint density at radius 1 is 1.61 bits per heavy atom. The van der Waals surface area contributed by atoms with Gasteiger partial charge >= 0.3 is 0 Å². The molecule has 4 nitrogen and oxygen atoms in total. The summed E-state index contributed by atoms with van der Waals surface area (Å²) in [6.45, 7) is 2.58. The third-order valence-electron chi connectivity index (χ3n) is 2.64.